The number of hydrogen-bond acceptors (Lipinski definition) is 10. The summed E-state index contributed by atoms with van der Waals surface area (Å²) in [5, 5.41) is 21.6. The molecule has 1 aliphatic heterocycles. The number of carbonyl (C=O) groups excluding carboxylic acids is 2. The van der Waals surface area contributed by atoms with E-state index in [-0.39, 0.29) is 23.8 Å². The number of carbonyl (C=O) groups is 2. The lowest BCUT2D eigenvalue weighted by molar-refractivity contribution is -0.384. The molecule has 0 radical (unpaired) electrons. The molecule has 2 aromatic heterocycles. The standard InChI is InChI=1S/C14H16N8O4S/c15-12-11(22(25)26)9(1-2-16-12)13(24)21-5-3-20(4-6-21)7-10(23)18-14-19-17-8-27-14/h1-2,8H,3-7H2,(H2,15,16)(H,18,19,23). The van der Waals surface area contributed by atoms with Gasteiger partial charge in [-0.25, -0.2) is 4.98 Å². The first-order valence-electron chi connectivity index (χ1n) is 7.92. The third-order valence-corrected chi connectivity index (χ3v) is 4.61. The molecule has 1 saturated heterocycles. The molecule has 13 heteroatoms. The number of aromatic nitrogens is 3. The number of nitrogen functional groups attached to an aromatic ring is 1. The third kappa shape index (κ3) is 4.32. The van der Waals surface area contributed by atoms with Crippen LogP contribution in [0.4, 0.5) is 16.6 Å². The van der Waals surface area contributed by atoms with Crippen molar-refractivity contribution in [1.29, 1.82) is 0 Å². The van der Waals surface area contributed by atoms with Crippen LogP contribution in [0.1, 0.15) is 10.4 Å². The summed E-state index contributed by atoms with van der Waals surface area (Å²) in [7, 11) is 0. The maximum absolute atomic E-state index is 12.6. The van der Waals surface area contributed by atoms with E-state index in [9.17, 15) is 19.7 Å². The van der Waals surface area contributed by atoms with E-state index in [0.29, 0.717) is 31.3 Å². The topological polar surface area (TPSA) is 160 Å². The molecular weight excluding hydrogens is 376 g/mol. The first-order valence-corrected chi connectivity index (χ1v) is 8.80. The molecule has 0 unspecified atom stereocenters. The minimum atomic E-state index is -0.705. The molecule has 2 aromatic rings. The summed E-state index contributed by atoms with van der Waals surface area (Å²) in [6.45, 7) is 1.76. The van der Waals surface area contributed by atoms with Crippen LogP contribution < -0.4 is 11.1 Å². The Bertz CT molecular complexity index is 851. The van der Waals surface area contributed by atoms with Crippen molar-refractivity contribution >= 4 is 39.8 Å². The largest absolute Gasteiger partial charge is 0.378 e. The monoisotopic (exact) mass is 392 g/mol. The van der Waals surface area contributed by atoms with E-state index in [0.717, 1.165) is 0 Å². The van der Waals surface area contributed by atoms with Crippen molar-refractivity contribution in [2.24, 2.45) is 0 Å². The zero-order valence-electron chi connectivity index (χ0n) is 14.1. The molecule has 0 atom stereocenters. The highest BCUT2D eigenvalue weighted by molar-refractivity contribution is 7.13. The summed E-state index contributed by atoms with van der Waals surface area (Å²) < 4.78 is 0. The highest BCUT2D eigenvalue weighted by Crippen LogP contribution is 2.25. The molecule has 0 spiro atoms. The summed E-state index contributed by atoms with van der Waals surface area (Å²) in [4.78, 5) is 42.2. The molecule has 3 rings (SSSR count). The second-order valence-corrected chi connectivity index (χ2v) is 6.54. The Kier molecular flexibility index (Phi) is 5.52. The second-order valence-electron chi connectivity index (χ2n) is 5.71. The van der Waals surface area contributed by atoms with Crippen LogP contribution in [0.2, 0.25) is 0 Å². The van der Waals surface area contributed by atoms with Gasteiger partial charge in [0, 0.05) is 32.4 Å². The van der Waals surface area contributed by atoms with Gasteiger partial charge in [-0.15, -0.1) is 10.2 Å². The first kappa shape index (κ1) is 18.6. The zero-order valence-corrected chi connectivity index (χ0v) is 14.9. The number of nitrogens with one attached hydrogen (secondary N) is 1. The predicted octanol–water partition coefficient (Wildman–Crippen LogP) is -0.180. The first-order chi connectivity index (χ1) is 13.0. The molecule has 12 nitrogen and oxygen atoms in total. The summed E-state index contributed by atoms with van der Waals surface area (Å²) in [6.07, 6.45) is 1.27. The van der Waals surface area contributed by atoms with Crippen LogP contribution in [0, 0.1) is 10.1 Å². The van der Waals surface area contributed by atoms with E-state index in [1.807, 2.05) is 4.90 Å². The fourth-order valence-electron chi connectivity index (χ4n) is 2.70. The minimum absolute atomic E-state index is 0.0880. The van der Waals surface area contributed by atoms with Gasteiger partial charge in [-0.1, -0.05) is 11.3 Å². The van der Waals surface area contributed by atoms with Gasteiger partial charge in [-0.3, -0.25) is 29.9 Å². The molecular formula is C14H16N8O4S. The fraction of sp³-hybridized carbons (Fsp3) is 0.357. The van der Waals surface area contributed by atoms with Crippen LogP contribution in [0.3, 0.4) is 0 Å². The third-order valence-electron chi connectivity index (χ3n) is 4.00. The Morgan fingerprint density at radius 3 is 2.70 bits per heavy atom. The molecule has 3 N–H and O–H groups in total. The Morgan fingerprint density at radius 1 is 1.33 bits per heavy atom. The van der Waals surface area contributed by atoms with Gasteiger partial charge in [0.1, 0.15) is 11.1 Å². The van der Waals surface area contributed by atoms with Crippen LogP contribution in [0.15, 0.2) is 17.8 Å². The summed E-state index contributed by atoms with van der Waals surface area (Å²) in [5.74, 6) is -0.990. The summed E-state index contributed by atoms with van der Waals surface area (Å²) >= 11 is 1.22. The lowest BCUT2D eigenvalue weighted by Gasteiger charge is -2.34. The number of nitro groups is 1. The van der Waals surface area contributed by atoms with Crippen molar-refractivity contribution in [3.63, 3.8) is 0 Å². The molecule has 2 amide bonds. The van der Waals surface area contributed by atoms with E-state index in [1.54, 1.807) is 0 Å². The van der Waals surface area contributed by atoms with Crippen molar-refractivity contribution in [2.75, 3.05) is 43.8 Å². The average molecular weight is 392 g/mol. The molecule has 3 heterocycles. The predicted molar refractivity (Wildman–Crippen MR) is 96.2 cm³/mol. The van der Waals surface area contributed by atoms with Crippen LogP contribution in [0.25, 0.3) is 0 Å². The van der Waals surface area contributed by atoms with Crippen molar-refractivity contribution < 1.29 is 14.5 Å². The number of piperazine rings is 1. The number of pyridine rings is 1. The Labute approximate surface area is 157 Å². The van der Waals surface area contributed by atoms with Gasteiger partial charge in [-0.05, 0) is 6.07 Å². The van der Waals surface area contributed by atoms with E-state index in [4.69, 9.17) is 5.73 Å². The Morgan fingerprint density at radius 2 is 2.07 bits per heavy atom. The molecule has 0 bridgehead atoms. The lowest BCUT2D eigenvalue weighted by atomic mass is 10.1. The summed E-state index contributed by atoms with van der Waals surface area (Å²) in [5.41, 5.74) is 6.48. The highest BCUT2D eigenvalue weighted by Gasteiger charge is 2.30. The number of nitrogens with zero attached hydrogens (tertiary/aromatic N) is 6. The summed E-state index contributed by atoms with van der Waals surface area (Å²) in [6, 6.07) is 1.29. The van der Waals surface area contributed by atoms with Crippen molar-refractivity contribution in [1.82, 2.24) is 25.0 Å². The van der Waals surface area contributed by atoms with Crippen molar-refractivity contribution in [3.8, 4) is 0 Å². The van der Waals surface area contributed by atoms with Gasteiger partial charge in [0.25, 0.3) is 5.91 Å². The van der Waals surface area contributed by atoms with E-state index in [2.05, 4.69) is 20.5 Å². The molecule has 0 saturated carbocycles. The highest BCUT2D eigenvalue weighted by atomic mass is 32.1. The normalized spacial score (nSPS) is 14.7. The van der Waals surface area contributed by atoms with Crippen LogP contribution >= 0.6 is 11.3 Å². The maximum atomic E-state index is 12.6. The van der Waals surface area contributed by atoms with Crippen molar-refractivity contribution in [2.45, 2.75) is 0 Å². The Balaban J connectivity index is 1.58. The van der Waals surface area contributed by atoms with Crippen LogP contribution in [0.5, 0.6) is 0 Å². The quantitative estimate of drug-likeness (QED) is 0.519. The van der Waals surface area contributed by atoms with Gasteiger partial charge in [0.05, 0.1) is 11.5 Å². The second kappa shape index (κ2) is 8.01. The zero-order chi connectivity index (χ0) is 19.4. The molecule has 27 heavy (non-hydrogen) atoms. The fourth-order valence-corrected chi connectivity index (χ4v) is 3.16. The molecule has 0 aromatic carbocycles. The lowest BCUT2D eigenvalue weighted by Crippen LogP contribution is -2.50. The van der Waals surface area contributed by atoms with Gasteiger partial charge in [0.15, 0.2) is 0 Å². The SMILES string of the molecule is Nc1nccc(C(=O)N2CCN(CC(=O)Nc3nncs3)CC2)c1[N+](=O)[O-]. The van der Waals surface area contributed by atoms with E-state index in [1.165, 1.54) is 34.0 Å². The number of anilines is 2. The van der Waals surface area contributed by atoms with Gasteiger partial charge in [0.2, 0.25) is 16.9 Å². The van der Waals surface area contributed by atoms with Gasteiger partial charge >= 0.3 is 5.69 Å². The van der Waals surface area contributed by atoms with Crippen LogP contribution in [-0.4, -0.2) is 74.4 Å². The van der Waals surface area contributed by atoms with Gasteiger partial charge in [-0.2, -0.15) is 0 Å². The molecule has 1 aliphatic rings. The van der Waals surface area contributed by atoms with Crippen molar-refractivity contribution in [3.05, 3.63) is 33.5 Å². The van der Waals surface area contributed by atoms with Crippen LogP contribution in [-0.2, 0) is 4.79 Å². The smallest absolute Gasteiger partial charge is 0.323 e. The minimum Gasteiger partial charge on any atom is -0.378 e. The molecule has 142 valence electrons. The number of amides is 2. The number of rotatable bonds is 5. The molecule has 1 fully saturated rings. The average Bonchev–Trinajstić information content (AvgIpc) is 3.14. The number of nitrogens with two attached hydrogens (primary N) is 1. The van der Waals surface area contributed by atoms with E-state index < -0.39 is 16.5 Å². The number of hydrogen-bond donors (Lipinski definition) is 2. The maximum Gasteiger partial charge on any atom is 0.323 e. The van der Waals surface area contributed by atoms with Gasteiger partial charge < -0.3 is 10.6 Å². The van der Waals surface area contributed by atoms with E-state index >= 15 is 0 Å². The molecule has 0 aliphatic carbocycles. The Hall–Kier alpha value is -3.19.